The standard InChI is InChI=1S/C19H42N.C7H5NS2.Na.H/c1-5-6-7-8-9-10-11-12-13-14-15-16-17-18-19-20(2,3)4;9-7-8-5-3-1-2-4-6(5)10-7;;/h5-19H2,1-4H3;1-4H,(H,8,9);;/q+1;;+1;-1. The average molecular weight is 476 g/mol. The van der Waals surface area contributed by atoms with Gasteiger partial charge in [-0.3, -0.25) is 0 Å². The van der Waals surface area contributed by atoms with Gasteiger partial charge < -0.3 is 10.9 Å². The van der Waals surface area contributed by atoms with Gasteiger partial charge in [-0.2, -0.15) is 0 Å². The van der Waals surface area contributed by atoms with Gasteiger partial charge in [-0.1, -0.05) is 96.1 Å². The SMILES string of the molecule is CCCCCCCCCCCCCCCC[N+](C)(C)C.S=c1[nH]c2ccccc2s1.[H-].[Na+]. The van der Waals surface area contributed by atoms with Crippen LogP contribution in [0.5, 0.6) is 0 Å². The van der Waals surface area contributed by atoms with Crippen LogP contribution in [0.2, 0.25) is 0 Å². The van der Waals surface area contributed by atoms with Crippen LogP contribution in [0, 0.1) is 3.95 Å². The quantitative estimate of drug-likeness (QED) is 0.139. The van der Waals surface area contributed by atoms with Crippen LogP contribution in [0.25, 0.3) is 10.2 Å². The number of aromatic amines is 1. The average Bonchev–Trinajstić information content (AvgIpc) is 3.08. The Morgan fingerprint density at radius 1 is 0.774 bits per heavy atom. The Morgan fingerprint density at radius 2 is 1.23 bits per heavy atom. The number of nitrogens with one attached hydrogen (secondary N) is 1. The molecule has 0 saturated carbocycles. The molecule has 1 N–H and O–H groups in total. The molecule has 1 aromatic carbocycles. The Hall–Kier alpha value is 0.290. The molecule has 0 aliphatic rings. The zero-order valence-electron chi connectivity index (χ0n) is 22.2. The van der Waals surface area contributed by atoms with Crippen molar-refractivity contribution in [1.82, 2.24) is 4.98 Å². The predicted molar refractivity (Wildman–Crippen MR) is 141 cm³/mol. The van der Waals surface area contributed by atoms with Crippen molar-refractivity contribution < 1.29 is 35.5 Å². The Balaban J connectivity index is 0. The van der Waals surface area contributed by atoms with Crippen molar-refractivity contribution in [3.05, 3.63) is 28.2 Å². The van der Waals surface area contributed by atoms with Gasteiger partial charge in [-0.25, -0.2) is 0 Å². The fourth-order valence-electron chi connectivity index (χ4n) is 3.67. The number of para-hydroxylation sites is 1. The molecule has 0 atom stereocenters. The second-order valence-corrected chi connectivity index (χ2v) is 11.3. The molecule has 0 radical (unpaired) electrons. The molecule has 0 spiro atoms. The summed E-state index contributed by atoms with van der Waals surface area (Å²) in [5, 5.41) is 0. The molecule has 1 aromatic heterocycles. The van der Waals surface area contributed by atoms with Crippen LogP contribution in [0.3, 0.4) is 0 Å². The topological polar surface area (TPSA) is 15.8 Å². The van der Waals surface area contributed by atoms with E-state index in [1.807, 2.05) is 18.2 Å². The zero-order chi connectivity index (χ0) is 22.1. The third-order valence-electron chi connectivity index (χ3n) is 5.51. The molecule has 0 saturated heterocycles. The Morgan fingerprint density at radius 3 is 1.68 bits per heavy atom. The number of hydrogen-bond donors (Lipinski definition) is 1. The van der Waals surface area contributed by atoms with Gasteiger partial charge >= 0.3 is 29.6 Å². The van der Waals surface area contributed by atoms with E-state index in [4.69, 9.17) is 12.2 Å². The molecule has 0 fully saturated rings. The molecule has 0 aliphatic heterocycles. The summed E-state index contributed by atoms with van der Waals surface area (Å²) in [6.45, 7) is 3.63. The van der Waals surface area contributed by atoms with Crippen molar-refractivity contribution >= 4 is 33.8 Å². The summed E-state index contributed by atoms with van der Waals surface area (Å²) < 4.78 is 3.20. The van der Waals surface area contributed by atoms with Crippen LogP contribution in [0.1, 0.15) is 98.2 Å². The smallest absolute Gasteiger partial charge is 1.00 e. The van der Waals surface area contributed by atoms with Gasteiger partial charge in [0.2, 0.25) is 0 Å². The number of quaternary nitrogens is 1. The van der Waals surface area contributed by atoms with E-state index in [9.17, 15) is 0 Å². The molecule has 5 heteroatoms. The van der Waals surface area contributed by atoms with Crippen LogP contribution in [-0.4, -0.2) is 37.2 Å². The number of thiazole rings is 1. The molecular formula is C26H48N2NaS2+. The van der Waals surface area contributed by atoms with Crippen molar-refractivity contribution in [2.75, 3.05) is 27.7 Å². The van der Waals surface area contributed by atoms with Crippen LogP contribution in [0.4, 0.5) is 0 Å². The first-order valence-corrected chi connectivity index (χ1v) is 13.5. The van der Waals surface area contributed by atoms with E-state index in [-0.39, 0.29) is 31.0 Å². The fourth-order valence-corrected chi connectivity index (χ4v) is 4.79. The minimum atomic E-state index is 0. The van der Waals surface area contributed by atoms with Crippen LogP contribution >= 0.6 is 23.6 Å². The number of fused-ring (bicyclic) bond motifs is 1. The maximum atomic E-state index is 4.98. The molecule has 31 heavy (non-hydrogen) atoms. The molecule has 0 bridgehead atoms. The second kappa shape index (κ2) is 19.7. The van der Waals surface area contributed by atoms with Crippen LogP contribution in [0.15, 0.2) is 24.3 Å². The molecule has 2 nitrogen and oxygen atoms in total. The van der Waals surface area contributed by atoms with Gasteiger partial charge in [-0.15, -0.1) is 11.3 Å². The van der Waals surface area contributed by atoms with Crippen molar-refractivity contribution in [3.63, 3.8) is 0 Å². The molecule has 1 heterocycles. The predicted octanol–water partition coefficient (Wildman–Crippen LogP) is 6.25. The van der Waals surface area contributed by atoms with Gasteiger partial charge in [0.25, 0.3) is 0 Å². The van der Waals surface area contributed by atoms with E-state index < -0.39 is 0 Å². The normalized spacial score (nSPS) is 11.1. The minimum absolute atomic E-state index is 0. The van der Waals surface area contributed by atoms with Gasteiger partial charge in [0, 0.05) is 0 Å². The third kappa shape index (κ3) is 18.4. The van der Waals surface area contributed by atoms with E-state index in [2.05, 4.69) is 39.1 Å². The number of rotatable bonds is 15. The molecule has 0 amide bonds. The van der Waals surface area contributed by atoms with Gasteiger partial charge in [0.05, 0.1) is 37.9 Å². The Bertz CT molecular complexity index is 673. The number of benzene rings is 1. The van der Waals surface area contributed by atoms with Crippen molar-refractivity contribution in [3.8, 4) is 0 Å². The van der Waals surface area contributed by atoms with Crippen molar-refractivity contribution in [2.45, 2.75) is 96.8 Å². The summed E-state index contributed by atoms with van der Waals surface area (Å²) in [5.41, 5.74) is 1.14. The number of hydrogen-bond acceptors (Lipinski definition) is 2. The summed E-state index contributed by atoms with van der Waals surface area (Å²) in [7, 11) is 6.88. The van der Waals surface area contributed by atoms with Gasteiger partial charge in [0.15, 0.2) is 3.95 Å². The van der Waals surface area contributed by atoms with E-state index in [0.29, 0.717) is 0 Å². The summed E-state index contributed by atoms with van der Waals surface area (Å²) >= 11 is 6.59. The summed E-state index contributed by atoms with van der Waals surface area (Å²) in [4.78, 5) is 3.09. The minimum Gasteiger partial charge on any atom is -1.00 e. The van der Waals surface area contributed by atoms with E-state index in [0.717, 1.165) is 14.0 Å². The molecular weight excluding hydrogens is 427 g/mol. The van der Waals surface area contributed by atoms with Crippen molar-refractivity contribution in [1.29, 1.82) is 0 Å². The monoisotopic (exact) mass is 475 g/mol. The molecule has 2 aromatic rings. The molecule has 0 unspecified atom stereocenters. The Kier molecular flexibility index (Phi) is 19.9. The fraction of sp³-hybridized carbons (Fsp3) is 0.731. The van der Waals surface area contributed by atoms with Crippen LogP contribution in [-0.2, 0) is 0 Å². The molecule has 174 valence electrons. The maximum Gasteiger partial charge on any atom is 1.00 e. The Labute approximate surface area is 225 Å². The van der Waals surface area contributed by atoms with Gasteiger partial charge in [-0.05, 0) is 37.2 Å². The van der Waals surface area contributed by atoms with Crippen LogP contribution < -0.4 is 29.6 Å². The number of unbranched alkanes of at least 4 members (excludes halogenated alkanes) is 13. The molecule has 0 aliphatic carbocycles. The number of aromatic nitrogens is 1. The third-order valence-corrected chi connectivity index (χ3v) is 6.72. The number of nitrogens with zero attached hydrogens (tertiary/aromatic N) is 1. The molecule has 2 rings (SSSR count). The van der Waals surface area contributed by atoms with Gasteiger partial charge in [0.1, 0.15) is 0 Å². The van der Waals surface area contributed by atoms with E-state index in [1.165, 1.54) is 101 Å². The first-order chi connectivity index (χ1) is 14.4. The summed E-state index contributed by atoms with van der Waals surface area (Å²) in [5.74, 6) is 0. The number of H-pyrrole nitrogens is 1. The first-order valence-electron chi connectivity index (χ1n) is 12.3. The summed E-state index contributed by atoms with van der Waals surface area (Å²) in [6, 6.07) is 8.11. The van der Waals surface area contributed by atoms with Crippen molar-refractivity contribution in [2.24, 2.45) is 0 Å². The van der Waals surface area contributed by atoms with E-state index >= 15 is 0 Å². The largest absolute Gasteiger partial charge is 1.00 e. The maximum absolute atomic E-state index is 4.98. The zero-order valence-corrected chi connectivity index (χ0v) is 24.8. The summed E-state index contributed by atoms with van der Waals surface area (Å²) in [6.07, 6.45) is 20.4. The first kappa shape index (κ1) is 31.3. The second-order valence-electron chi connectivity index (χ2n) is 9.62. The van der Waals surface area contributed by atoms with E-state index in [1.54, 1.807) is 11.3 Å².